The number of carbonyl (C=O) groups is 2. The number of aliphatic imine (C=N–C) groups is 1. The van der Waals surface area contributed by atoms with Gasteiger partial charge in [-0.3, -0.25) is 14.5 Å². The van der Waals surface area contributed by atoms with Crippen molar-refractivity contribution in [2.75, 3.05) is 25.0 Å². The lowest BCUT2D eigenvalue weighted by atomic mass is 10.0. The second-order valence-corrected chi connectivity index (χ2v) is 8.83. The van der Waals surface area contributed by atoms with Crippen molar-refractivity contribution in [2.45, 2.75) is 25.7 Å². The zero-order chi connectivity index (χ0) is 24.2. The predicted octanol–water partition coefficient (Wildman–Crippen LogP) is 3.45. The van der Waals surface area contributed by atoms with Crippen LogP contribution in [0.2, 0.25) is 0 Å². The van der Waals surface area contributed by atoms with Crippen LogP contribution >= 0.6 is 0 Å². The van der Waals surface area contributed by atoms with E-state index in [9.17, 15) is 9.59 Å². The minimum absolute atomic E-state index is 0.159. The van der Waals surface area contributed by atoms with Crippen LogP contribution in [0.4, 0.5) is 5.69 Å². The Kier molecular flexibility index (Phi) is 6.70. The lowest BCUT2D eigenvalue weighted by molar-refractivity contribution is -0.117. The molecule has 0 unspecified atom stereocenters. The van der Waals surface area contributed by atoms with Gasteiger partial charge in [0.15, 0.2) is 0 Å². The van der Waals surface area contributed by atoms with Crippen LogP contribution in [0.25, 0.3) is 0 Å². The Labute approximate surface area is 204 Å². The lowest BCUT2D eigenvalue weighted by Gasteiger charge is -2.31. The van der Waals surface area contributed by atoms with Crippen LogP contribution in [0, 0.1) is 0 Å². The van der Waals surface area contributed by atoms with E-state index in [1.165, 1.54) is 0 Å². The average molecular weight is 469 g/mol. The van der Waals surface area contributed by atoms with Crippen molar-refractivity contribution in [3.8, 4) is 0 Å². The summed E-state index contributed by atoms with van der Waals surface area (Å²) >= 11 is 0. The van der Waals surface area contributed by atoms with Crippen molar-refractivity contribution in [3.63, 3.8) is 0 Å². The first-order valence-corrected chi connectivity index (χ1v) is 11.8. The summed E-state index contributed by atoms with van der Waals surface area (Å²) in [5.74, 6) is -0.708. The third kappa shape index (κ3) is 5.16. The summed E-state index contributed by atoms with van der Waals surface area (Å²) in [4.78, 5) is 33.5. The van der Waals surface area contributed by atoms with E-state index >= 15 is 0 Å². The van der Waals surface area contributed by atoms with Gasteiger partial charge in [0.1, 0.15) is 0 Å². The average Bonchev–Trinajstić information content (AvgIpc) is 3.01. The van der Waals surface area contributed by atoms with Gasteiger partial charge in [0.2, 0.25) is 6.17 Å². The molecule has 2 N–H and O–H groups in total. The van der Waals surface area contributed by atoms with Gasteiger partial charge in [-0.1, -0.05) is 66.7 Å². The van der Waals surface area contributed by atoms with Crippen molar-refractivity contribution in [2.24, 2.45) is 4.99 Å². The number of nitrogens with zero attached hydrogens (tertiary/aromatic N) is 2. The number of amides is 2. The van der Waals surface area contributed by atoms with Gasteiger partial charge in [0.05, 0.1) is 24.1 Å². The number of ether oxygens (including phenoxy) is 1. The Morgan fingerprint density at radius 2 is 1.80 bits per heavy atom. The molecule has 0 radical (unpaired) electrons. The number of hydrogen-bond donors (Lipinski definition) is 2. The number of benzodiazepines with no additional fused rings is 1. The first kappa shape index (κ1) is 23.0. The van der Waals surface area contributed by atoms with Gasteiger partial charge in [0, 0.05) is 36.3 Å². The maximum Gasteiger partial charge on any atom is 0.269 e. The molecular formula is C28H28N4O3. The Balaban J connectivity index is 1.43. The standard InChI is InChI=1S/C28H28N4O3/c1-19-17-32(15-16-35-19)18-21-11-5-6-12-22(21)27(33)31-26-28(34)29-24-14-8-7-13-23(24)25(30-26)20-9-3-2-4-10-20/h2-14,19,26H,15-18H2,1H3,(H,29,34)(H,31,33)/t19-,26+/m0/s1. The van der Waals surface area contributed by atoms with E-state index in [1.807, 2.05) is 72.8 Å². The number of anilines is 1. The van der Waals surface area contributed by atoms with Crippen LogP contribution in [-0.2, 0) is 16.1 Å². The second kappa shape index (κ2) is 10.2. The molecule has 0 aliphatic carbocycles. The van der Waals surface area contributed by atoms with E-state index in [-0.39, 0.29) is 17.9 Å². The number of benzene rings is 3. The summed E-state index contributed by atoms with van der Waals surface area (Å²) in [6.07, 6.45) is -0.909. The lowest BCUT2D eigenvalue weighted by Crippen LogP contribution is -2.43. The molecule has 7 nitrogen and oxygen atoms in total. The number of fused-ring (bicyclic) bond motifs is 1. The molecule has 0 spiro atoms. The van der Waals surface area contributed by atoms with Crippen LogP contribution < -0.4 is 10.6 Å². The van der Waals surface area contributed by atoms with E-state index in [1.54, 1.807) is 6.07 Å². The molecule has 0 saturated carbocycles. The van der Waals surface area contributed by atoms with Gasteiger partial charge in [-0.25, -0.2) is 4.99 Å². The molecule has 2 amide bonds. The Morgan fingerprint density at radius 1 is 1.06 bits per heavy atom. The second-order valence-electron chi connectivity index (χ2n) is 8.83. The monoisotopic (exact) mass is 468 g/mol. The Bertz CT molecular complexity index is 1260. The minimum atomic E-state index is -1.07. The van der Waals surface area contributed by atoms with Crippen molar-refractivity contribution < 1.29 is 14.3 Å². The highest BCUT2D eigenvalue weighted by Crippen LogP contribution is 2.24. The highest BCUT2D eigenvalue weighted by molar-refractivity contribution is 6.20. The molecular weight excluding hydrogens is 440 g/mol. The van der Waals surface area contributed by atoms with Crippen LogP contribution in [0.1, 0.15) is 34.0 Å². The summed E-state index contributed by atoms with van der Waals surface area (Å²) in [5, 5.41) is 5.79. The molecule has 0 aromatic heterocycles. The highest BCUT2D eigenvalue weighted by atomic mass is 16.5. The largest absolute Gasteiger partial charge is 0.376 e. The van der Waals surface area contributed by atoms with Gasteiger partial charge in [-0.2, -0.15) is 0 Å². The van der Waals surface area contributed by atoms with Crippen molar-refractivity contribution in [1.29, 1.82) is 0 Å². The van der Waals surface area contributed by atoms with Crippen LogP contribution in [0.5, 0.6) is 0 Å². The van der Waals surface area contributed by atoms with Crippen molar-refractivity contribution in [3.05, 3.63) is 101 Å². The fourth-order valence-corrected chi connectivity index (χ4v) is 4.54. The van der Waals surface area contributed by atoms with Gasteiger partial charge in [-0.05, 0) is 24.6 Å². The number of para-hydroxylation sites is 1. The van der Waals surface area contributed by atoms with Crippen LogP contribution in [0.15, 0.2) is 83.9 Å². The molecule has 1 saturated heterocycles. The van der Waals surface area contributed by atoms with E-state index in [0.29, 0.717) is 30.1 Å². The van der Waals surface area contributed by atoms with E-state index in [4.69, 9.17) is 9.73 Å². The number of nitrogens with one attached hydrogen (secondary N) is 2. The number of rotatable bonds is 5. The summed E-state index contributed by atoms with van der Waals surface area (Å²) < 4.78 is 5.64. The smallest absolute Gasteiger partial charge is 0.269 e. The van der Waals surface area contributed by atoms with Crippen LogP contribution in [-0.4, -0.2) is 54.4 Å². The maximum atomic E-state index is 13.4. The van der Waals surface area contributed by atoms with Crippen LogP contribution in [0.3, 0.4) is 0 Å². The highest BCUT2D eigenvalue weighted by Gasteiger charge is 2.28. The van der Waals surface area contributed by atoms with Gasteiger partial charge in [0.25, 0.3) is 11.8 Å². The molecule has 2 aliphatic rings. The Morgan fingerprint density at radius 3 is 2.63 bits per heavy atom. The number of carbonyl (C=O) groups excluding carboxylic acids is 2. The number of morpholine rings is 1. The summed E-state index contributed by atoms with van der Waals surface area (Å²) in [5.41, 5.74) is 4.45. The fraction of sp³-hybridized carbons (Fsp3) is 0.250. The Hall–Kier alpha value is -3.81. The molecule has 7 heteroatoms. The topological polar surface area (TPSA) is 83.0 Å². The predicted molar refractivity (Wildman–Crippen MR) is 136 cm³/mol. The molecule has 5 rings (SSSR count). The first-order valence-electron chi connectivity index (χ1n) is 11.8. The molecule has 178 valence electrons. The molecule has 1 fully saturated rings. The molecule has 0 bridgehead atoms. The van der Waals surface area contributed by atoms with E-state index in [2.05, 4.69) is 22.5 Å². The van der Waals surface area contributed by atoms with Crippen molar-refractivity contribution in [1.82, 2.24) is 10.2 Å². The zero-order valence-electron chi connectivity index (χ0n) is 19.6. The quantitative estimate of drug-likeness (QED) is 0.601. The van der Waals surface area contributed by atoms with E-state index in [0.717, 1.165) is 29.8 Å². The zero-order valence-corrected chi connectivity index (χ0v) is 19.6. The summed E-state index contributed by atoms with van der Waals surface area (Å²) in [6.45, 7) is 4.99. The summed E-state index contributed by atoms with van der Waals surface area (Å²) in [7, 11) is 0. The molecule has 3 aromatic carbocycles. The maximum absolute atomic E-state index is 13.4. The van der Waals surface area contributed by atoms with Gasteiger partial charge in [-0.15, -0.1) is 0 Å². The van der Waals surface area contributed by atoms with Crippen molar-refractivity contribution >= 4 is 23.2 Å². The third-order valence-corrected chi connectivity index (χ3v) is 6.24. The SMILES string of the molecule is C[C@H]1CN(Cc2ccccc2C(=O)N[C@H]2N=C(c3ccccc3)c3ccccc3NC2=O)CCO1. The molecule has 2 aliphatic heterocycles. The third-order valence-electron chi connectivity index (χ3n) is 6.24. The van der Waals surface area contributed by atoms with Gasteiger partial charge < -0.3 is 15.4 Å². The first-order chi connectivity index (χ1) is 17.1. The van der Waals surface area contributed by atoms with Gasteiger partial charge >= 0.3 is 0 Å². The number of hydrogen-bond acceptors (Lipinski definition) is 5. The molecule has 2 atom stereocenters. The van der Waals surface area contributed by atoms with E-state index < -0.39 is 6.17 Å². The molecule has 35 heavy (non-hydrogen) atoms. The summed E-state index contributed by atoms with van der Waals surface area (Å²) in [6, 6.07) is 24.7. The fourth-order valence-electron chi connectivity index (χ4n) is 4.54. The molecule has 3 aromatic rings. The normalized spacial score (nSPS) is 20.3. The molecule has 2 heterocycles. The minimum Gasteiger partial charge on any atom is -0.376 e.